The van der Waals surface area contributed by atoms with Crippen molar-refractivity contribution in [2.45, 2.75) is 101 Å². The van der Waals surface area contributed by atoms with Gasteiger partial charge in [0.15, 0.2) is 0 Å². The molecule has 2 fully saturated rings. The van der Waals surface area contributed by atoms with Crippen LogP contribution in [0.1, 0.15) is 82.7 Å². The molecular weight excluding hydrogens is 759 g/mol. The first-order chi connectivity index (χ1) is 28.7. The molecular formula is C48H61N5O7. The van der Waals surface area contributed by atoms with Crippen molar-refractivity contribution in [1.82, 2.24) is 20.1 Å². The van der Waals surface area contributed by atoms with Gasteiger partial charge in [-0.2, -0.15) is 0 Å². The Labute approximate surface area is 353 Å². The van der Waals surface area contributed by atoms with E-state index in [1.807, 2.05) is 33.0 Å². The summed E-state index contributed by atoms with van der Waals surface area (Å²) in [6.45, 7) is 13.1. The van der Waals surface area contributed by atoms with Gasteiger partial charge in [-0.1, -0.05) is 69.7 Å². The van der Waals surface area contributed by atoms with Crippen molar-refractivity contribution >= 4 is 34.4 Å². The van der Waals surface area contributed by atoms with Gasteiger partial charge in [0, 0.05) is 96.9 Å². The van der Waals surface area contributed by atoms with E-state index < -0.39 is 40.0 Å². The van der Waals surface area contributed by atoms with E-state index in [0.717, 1.165) is 65.0 Å². The molecule has 6 heterocycles. The van der Waals surface area contributed by atoms with Crippen LogP contribution in [0, 0.1) is 17.3 Å². The highest BCUT2D eigenvalue weighted by Crippen LogP contribution is 2.68. The summed E-state index contributed by atoms with van der Waals surface area (Å²) >= 11 is 0. The molecule has 9 rings (SSSR count). The number of nitrogens with zero attached hydrogens (tertiary/aromatic N) is 3. The number of fused-ring (bicyclic) bond motifs is 6. The van der Waals surface area contributed by atoms with Crippen molar-refractivity contribution in [3.05, 3.63) is 82.6 Å². The number of carbonyl (C=O) groups is 3. The fourth-order valence-corrected chi connectivity index (χ4v) is 13.2. The molecule has 9 atom stereocenters. The first kappa shape index (κ1) is 40.7. The number of anilines is 1. The summed E-state index contributed by atoms with van der Waals surface area (Å²) in [5.41, 5.74) is 2.25. The van der Waals surface area contributed by atoms with Gasteiger partial charge in [-0.05, 0) is 61.4 Å². The molecule has 12 heteroatoms. The molecule has 1 saturated carbocycles. The Morgan fingerprint density at radius 1 is 1.07 bits per heavy atom. The zero-order valence-corrected chi connectivity index (χ0v) is 36.4. The van der Waals surface area contributed by atoms with Crippen LogP contribution in [0.4, 0.5) is 5.69 Å². The van der Waals surface area contributed by atoms with Gasteiger partial charge >= 0.3 is 11.9 Å². The van der Waals surface area contributed by atoms with E-state index in [1.165, 1.54) is 19.6 Å². The average Bonchev–Trinajstić information content (AvgIpc) is 3.89. The molecule has 12 nitrogen and oxygen atoms in total. The number of hydrogen-bond acceptors (Lipinski definition) is 10. The highest BCUT2D eigenvalue weighted by Gasteiger charge is 2.78. The van der Waals surface area contributed by atoms with Crippen LogP contribution in [0.5, 0.6) is 5.75 Å². The molecule has 1 amide bonds. The van der Waals surface area contributed by atoms with Crippen LogP contribution in [0.2, 0.25) is 0 Å². The van der Waals surface area contributed by atoms with Crippen molar-refractivity contribution in [2.24, 2.45) is 17.3 Å². The van der Waals surface area contributed by atoms with Crippen molar-refractivity contribution in [1.29, 1.82) is 0 Å². The molecule has 2 aromatic carbocycles. The van der Waals surface area contributed by atoms with Gasteiger partial charge in [-0.25, -0.2) is 0 Å². The number of esters is 2. The maximum atomic E-state index is 15.3. The maximum Gasteiger partial charge on any atom is 0.322 e. The van der Waals surface area contributed by atoms with Crippen LogP contribution in [0.15, 0.2) is 60.2 Å². The zero-order valence-electron chi connectivity index (χ0n) is 36.4. The number of H-pyrrole nitrogens is 1. The summed E-state index contributed by atoms with van der Waals surface area (Å²) in [4.78, 5) is 52.7. The lowest BCUT2D eigenvalue weighted by Crippen LogP contribution is -2.81. The number of benzene rings is 2. The minimum atomic E-state index is -1.74. The van der Waals surface area contributed by atoms with Gasteiger partial charge in [0.2, 0.25) is 5.91 Å². The van der Waals surface area contributed by atoms with Crippen LogP contribution in [-0.2, 0) is 41.2 Å². The van der Waals surface area contributed by atoms with Gasteiger partial charge in [-0.3, -0.25) is 24.2 Å². The van der Waals surface area contributed by atoms with E-state index in [-0.39, 0.29) is 36.3 Å². The molecule has 0 radical (unpaired) electrons. The Morgan fingerprint density at radius 2 is 1.85 bits per heavy atom. The summed E-state index contributed by atoms with van der Waals surface area (Å²) in [7, 11) is 5.13. The minimum Gasteiger partial charge on any atom is -0.496 e. The lowest BCUT2D eigenvalue weighted by Gasteiger charge is -2.64. The largest absolute Gasteiger partial charge is 0.496 e. The molecule has 1 aliphatic carbocycles. The number of para-hydroxylation sites is 1. The lowest BCUT2D eigenvalue weighted by molar-refractivity contribution is -0.217. The first-order valence-corrected chi connectivity index (χ1v) is 21.9. The van der Waals surface area contributed by atoms with Gasteiger partial charge < -0.3 is 34.5 Å². The number of ether oxygens (including phenoxy) is 3. The Hall–Kier alpha value is -4.65. The average molecular weight is 820 g/mol. The quantitative estimate of drug-likeness (QED) is 0.192. The Morgan fingerprint density at radius 3 is 2.55 bits per heavy atom. The number of nitrogens with one attached hydrogen (secondary N) is 2. The van der Waals surface area contributed by atoms with E-state index in [2.05, 4.69) is 81.3 Å². The molecule has 1 aromatic heterocycles. The van der Waals surface area contributed by atoms with Crippen LogP contribution >= 0.6 is 0 Å². The first-order valence-electron chi connectivity index (χ1n) is 21.9. The zero-order chi connectivity index (χ0) is 42.5. The number of hydrogen-bond donors (Lipinski definition) is 3. The van der Waals surface area contributed by atoms with Crippen LogP contribution in [-0.4, -0.2) is 116 Å². The van der Waals surface area contributed by atoms with Crippen LogP contribution in [0.3, 0.4) is 0 Å². The highest BCUT2D eigenvalue weighted by molar-refractivity contribution is 5.94. The van der Waals surface area contributed by atoms with Crippen LogP contribution < -0.4 is 15.0 Å². The summed E-state index contributed by atoms with van der Waals surface area (Å²) in [6.07, 6.45) is 8.38. The predicted molar refractivity (Wildman–Crippen MR) is 230 cm³/mol. The monoisotopic (exact) mass is 819 g/mol. The topological polar surface area (TPSA) is 137 Å². The van der Waals surface area contributed by atoms with Gasteiger partial charge in [-0.15, -0.1) is 0 Å². The molecule has 1 saturated heterocycles. The fourth-order valence-electron chi connectivity index (χ4n) is 13.2. The van der Waals surface area contributed by atoms with Crippen molar-refractivity contribution in [3.8, 4) is 5.75 Å². The second kappa shape index (κ2) is 14.5. The SMILES string of the molecule is CCC1=C[C@@H]2CN(C1)Cc1c([nH]c3ccccc13)[C@@](C(=O)OC)(c1cc3c(cc1OC)N(C)[C@H]1[C@@](O)(CNC(=O)C(C)C)[C@H](OC(C)=O)[C@]4(CC)C=CCN5CC[C@]31[C@@H]54)C2. The second-order valence-electron chi connectivity index (χ2n) is 18.7. The summed E-state index contributed by atoms with van der Waals surface area (Å²) in [5, 5.41) is 17.9. The molecule has 2 bridgehead atoms. The number of aromatic amines is 1. The summed E-state index contributed by atoms with van der Waals surface area (Å²) in [6, 6.07) is 11.7. The minimum absolute atomic E-state index is 0.0472. The number of amides is 1. The third kappa shape index (κ3) is 5.48. The number of rotatable bonds is 9. The molecule has 1 spiro atoms. The van der Waals surface area contributed by atoms with Gasteiger partial charge in [0.25, 0.3) is 0 Å². The number of methoxy groups -OCH3 is 2. The van der Waals surface area contributed by atoms with E-state index >= 15 is 4.79 Å². The summed E-state index contributed by atoms with van der Waals surface area (Å²) in [5.74, 6) is -0.763. The van der Waals surface area contributed by atoms with E-state index in [0.29, 0.717) is 38.1 Å². The fraction of sp³-hybridized carbons (Fsp3) is 0.562. The predicted octanol–water partition coefficient (Wildman–Crippen LogP) is 5.35. The van der Waals surface area contributed by atoms with E-state index in [1.54, 1.807) is 7.11 Å². The smallest absolute Gasteiger partial charge is 0.322 e. The Balaban J connectivity index is 1.34. The Bertz CT molecular complexity index is 2320. The maximum absolute atomic E-state index is 15.3. The molecule has 1 unspecified atom stereocenters. The molecule has 5 aliphatic heterocycles. The summed E-state index contributed by atoms with van der Waals surface area (Å²) < 4.78 is 18.8. The van der Waals surface area contributed by atoms with E-state index in [9.17, 15) is 14.7 Å². The highest BCUT2D eigenvalue weighted by atomic mass is 16.6. The Kier molecular flexibility index (Phi) is 9.83. The van der Waals surface area contributed by atoms with Crippen molar-refractivity contribution in [2.75, 3.05) is 58.9 Å². The molecule has 60 heavy (non-hydrogen) atoms. The number of likely N-dealkylation sites (N-methyl/N-ethyl adjacent to an activating group) is 1. The third-order valence-corrected chi connectivity index (χ3v) is 15.4. The van der Waals surface area contributed by atoms with Crippen LogP contribution in [0.25, 0.3) is 10.9 Å². The molecule has 3 N–H and O–H groups in total. The van der Waals surface area contributed by atoms with Gasteiger partial charge in [0.1, 0.15) is 22.9 Å². The normalized spacial score (nSPS) is 33.9. The third-order valence-electron chi connectivity index (χ3n) is 15.4. The standard InChI is InChI=1S/C48H61N5O7/c1-9-30-20-31-23-47(44(56)59-8,39-33(26-52(24-30)25-31)32-14-11-12-15-36(32)50-39)35-21-34-37(22-38(35)58-7)51(6)42-46(34)17-19-53-18-13-16-45(10-2,41(46)53)43(60-29(5)54)48(42,57)27-49-40(55)28(3)4/h11-16,20-22,28,31,41-43,50,57H,9-10,17-19,23-27H2,1-8H3,(H,49,55)/t31-,41-,42+,43+,45+,46+,47-,48-/m0/s1. The van der Waals surface area contributed by atoms with Crippen molar-refractivity contribution < 1.29 is 33.7 Å². The number of aliphatic hydroxyl groups is 1. The lowest BCUT2D eigenvalue weighted by atomic mass is 9.47. The van der Waals surface area contributed by atoms with Crippen molar-refractivity contribution in [3.63, 3.8) is 0 Å². The second-order valence-corrected chi connectivity index (χ2v) is 18.7. The number of carbonyl (C=O) groups excluding carboxylic acids is 3. The molecule has 3 aromatic rings. The molecule has 6 aliphatic rings. The molecule has 320 valence electrons. The van der Waals surface area contributed by atoms with Gasteiger partial charge in [0.05, 0.1) is 26.8 Å². The van der Waals surface area contributed by atoms with E-state index in [4.69, 9.17) is 14.2 Å². The number of aromatic nitrogens is 1.